The van der Waals surface area contributed by atoms with Gasteiger partial charge in [-0.1, -0.05) is 6.42 Å². The van der Waals surface area contributed by atoms with Gasteiger partial charge in [0.25, 0.3) is 0 Å². The lowest BCUT2D eigenvalue weighted by molar-refractivity contribution is -0.144. The molecule has 1 aliphatic carbocycles. The van der Waals surface area contributed by atoms with Crippen molar-refractivity contribution in [2.75, 3.05) is 47.1 Å². The number of carboxylic acid groups (broad SMARTS) is 1. The average molecular weight is 288 g/mol. The zero-order chi connectivity index (χ0) is 15.0. The van der Waals surface area contributed by atoms with Gasteiger partial charge in [0.05, 0.1) is 13.2 Å². The molecule has 0 saturated heterocycles. The van der Waals surface area contributed by atoms with Crippen LogP contribution in [-0.2, 0) is 14.3 Å². The third-order valence-corrected chi connectivity index (χ3v) is 4.29. The molecule has 1 saturated carbocycles. The molecule has 6 nitrogen and oxygen atoms in total. The molecule has 1 fully saturated rings. The summed E-state index contributed by atoms with van der Waals surface area (Å²) in [7, 11) is 3.36. The second-order valence-electron chi connectivity index (χ2n) is 5.55. The predicted molar refractivity (Wildman–Crippen MR) is 76.7 cm³/mol. The van der Waals surface area contributed by atoms with Crippen LogP contribution in [-0.4, -0.2) is 68.6 Å². The van der Waals surface area contributed by atoms with Gasteiger partial charge in [-0.25, -0.2) is 0 Å². The lowest BCUT2D eigenvalue weighted by Crippen LogP contribution is -2.51. The summed E-state index contributed by atoms with van der Waals surface area (Å²) in [6, 6.07) is 0. The van der Waals surface area contributed by atoms with E-state index in [0.717, 1.165) is 38.9 Å². The van der Waals surface area contributed by atoms with Crippen LogP contribution in [0, 0.1) is 5.92 Å². The minimum absolute atomic E-state index is 0.0626. The number of nitrogens with two attached hydrogens (primary N) is 1. The first kappa shape index (κ1) is 17.4. The molecule has 0 heterocycles. The van der Waals surface area contributed by atoms with E-state index in [2.05, 4.69) is 4.90 Å². The largest absolute Gasteiger partial charge is 0.480 e. The third-order valence-electron chi connectivity index (χ3n) is 4.29. The number of carbonyl (C=O) groups is 1. The Bertz CT molecular complexity index is 293. The summed E-state index contributed by atoms with van der Waals surface area (Å²) in [4.78, 5) is 13.6. The first-order chi connectivity index (χ1) is 9.54. The fourth-order valence-corrected chi connectivity index (χ4v) is 2.90. The van der Waals surface area contributed by atoms with E-state index in [1.165, 1.54) is 0 Å². The summed E-state index contributed by atoms with van der Waals surface area (Å²) >= 11 is 0. The Balaban J connectivity index is 2.46. The Kier molecular flexibility index (Phi) is 7.43. The number of rotatable bonds is 10. The van der Waals surface area contributed by atoms with Crippen molar-refractivity contribution in [3.63, 3.8) is 0 Å². The molecule has 1 aliphatic rings. The smallest absolute Gasteiger partial charge is 0.323 e. The Morgan fingerprint density at radius 3 is 2.40 bits per heavy atom. The molecule has 2 unspecified atom stereocenters. The molecule has 6 heteroatoms. The molecule has 1 rings (SSSR count). The summed E-state index contributed by atoms with van der Waals surface area (Å²) in [5.41, 5.74) is 5.03. The molecule has 0 aliphatic heterocycles. The van der Waals surface area contributed by atoms with Crippen molar-refractivity contribution in [3.05, 3.63) is 0 Å². The second kappa shape index (κ2) is 8.56. The average Bonchev–Trinajstić information content (AvgIpc) is 2.81. The normalized spacial score (nSPS) is 26.3. The third kappa shape index (κ3) is 4.70. The number of methoxy groups -OCH3 is 2. The van der Waals surface area contributed by atoms with Gasteiger partial charge in [0.2, 0.25) is 0 Å². The Hall–Kier alpha value is -0.690. The van der Waals surface area contributed by atoms with E-state index in [-0.39, 0.29) is 5.92 Å². The zero-order valence-electron chi connectivity index (χ0n) is 12.6. The summed E-state index contributed by atoms with van der Waals surface area (Å²) in [5.74, 6) is -0.798. The van der Waals surface area contributed by atoms with Crippen molar-refractivity contribution in [1.82, 2.24) is 4.90 Å². The van der Waals surface area contributed by atoms with Crippen molar-refractivity contribution in [1.29, 1.82) is 0 Å². The van der Waals surface area contributed by atoms with Gasteiger partial charge in [-0.15, -0.1) is 0 Å². The van der Waals surface area contributed by atoms with Crippen molar-refractivity contribution in [3.8, 4) is 0 Å². The van der Waals surface area contributed by atoms with Crippen molar-refractivity contribution in [2.24, 2.45) is 11.7 Å². The van der Waals surface area contributed by atoms with Gasteiger partial charge < -0.3 is 20.3 Å². The highest BCUT2D eigenvalue weighted by Gasteiger charge is 2.45. The van der Waals surface area contributed by atoms with E-state index in [4.69, 9.17) is 15.2 Å². The molecule has 0 spiro atoms. The molecule has 118 valence electrons. The second-order valence-corrected chi connectivity index (χ2v) is 5.55. The number of hydrogen-bond acceptors (Lipinski definition) is 5. The SMILES string of the molecule is COCCN(CCOC)CCC1CCCC1(N)C(=O)O. The van der Waals surface area contributed by atoms with Gasteiger partial charge in [0.1, 0.15) is 5.54 Å². The maximum atomic E-state index is 11.3. The topological polar surface area (TPSA) is 85.0 Å². The molecule has 3 N–H and O–H groups in total. The molecule has 0 bridgehead atoms. The monoisotopic (exact) mass is 288 g/mol. The van der Waals surface area contributed by atoms with Gasteiger partial charge in [-0.3, -0.25) is 9.69 Å². The number of hydrogen-bond donors (Lipinski definition) is 2. The van der Waals surface area contributed by atoms with Gasteiger partial charge >= 0.3 is 5.97 Å². The minimum atomic E-state index is -1.03. The summed E-state index contributed by atoms with van der Waals surface area (Å²) in [6.07, 6.45) is 3.22. The highest BCUT2D eigenvalue weighted by atomic mass is 16.5. The molecule has 0 radical (unpaired) electrons. The molecule has 0 aromatic rings. The van der Waals surface area contributed by atoms with Crippen molar-refractivity contribution < 1.29 is 19.4 Å². The van der Waals surface area contributed by atoms with Crippen LogP contribution in [0.2, 0.25) is 0 Å². The van der Waals surface area contributed by atoms with Crippen LogP contribution in [0.1, 0.15) is 25.7 Å². The van der Waals surface area contributed by atoms with Gasteiger partial charge in [-0.05, 0) is 31.7 Å². The summed E-state index contributed by atoms with van der Waals surface area (Å²) in [6.45, 7) is 3.83. The van der Waals surface area contributed by atoms with Gasteiger partial charge in [-0.2, -0.15) is 0 Å². The highest BCUT2D eigenvalue weighted by molar-refractivity contribution is 5.79. The van der Waals surface area contributed by atoms with Crippen LogP contribution in [0.3, 0.4) is 0 Å². The fourth-order valence-electron chi connectivity index (χ4n) is 2.90. The molecule has 0 aromatic carbocycles. The van der Waals surface area contributed by atoms with Crippen LogP contribution < -0.4 is 5.73 Å². The molecule has 20 heavy (non-hydrogen) atoms. The summed E-state index contributed by atoms with van der Waals surface area (Å²) < 4.78 is 10.2. The molecule has 0 amide bonds. The first-order valence-electron chi connectivity index (χ1n) is 7.27. The van der Waals surface area contributed by atoms with Crippen LogP contribution >= 0.6 is 0 Å². The minimum Gasteiger partial charge on any atom is -0.480 e. The Morgan fingerprint density at radius 2 is 1.90 bits per heavy atom. The van der Waals surface area contributed by atoms with Gasteiger partial charge in [0.15, 0.2) is 0 Å². The Morgan fingerprint density at radius 1 is 1.30 bits per heavy atom. The van der Waals surface area contributed by atoms with Crippen LogP contribution in [0.15, 0.2) is 0 Å². The van der Waals surface area contributed by atoms with Gasteiger partial charge in [0, 0.05) is 27.3 Å². The maximum Gasteiger partial charge on any atom is 0.323 e. The quantitative estimate of drug-likeness (QED) is 0.611. The standard InChI is InChI=1S/C14H28N2O4/c1-19-10-8-16(9-11-20-2)7-5-12-4-3-6-14(12,15)13(17)18/h12H,3-11,15H2,1-2H3,(H,17,18). The van der Waals surface area contributed by atoms with Crippen LogP contribution in [0.5, 0.6) is 0 Å². The van der Waals surface area contributed by atoms with E-state index >= 15 is 0 Å². The number of carboxylic acids is 1. The van der Waals surface area contributed by atoms with E-state index in [9.17, 15) is 9.90 Å². The highest BCUT2D eigenvalue weighted by Crippen LogP contribution is 2.36. The molecular formula is C14H28N2O4. The number of ether oxygens (including phenoxy) is 2. The van der Waals surface area contributed by atoms with Crippen molar-refractivity contribution >= 4 is 5.97 Å². The van der Waals surface area contributed by atoms with Crippen LogP contribution in [0.25, 0.3) is 0 Å². The molecule has 0 aromatic heterocycles. The summed E-state index contributed by atoms with van der Waals surface area (Å²) in [5, 5.41) is 9.31. The Labute approximate surface area is 121 Å². The van der Waals surface area contributed by atoms with E-state index in [1.807, 2.05) is 0 Å². The lowest BCUT2D eigenvalue weighted by atomic mass is 9.85. The molecular weight excluding hydrogens is 260 g/mol. The predicted octanol–water partition coefficient (Wildman–Crippen LogP) is 0.554. The van der Waals surface area contributed by atoms with E-state index in [1.54, 1.807) is 14.2 Å². The maximum absolute atomic E-state index is 11.3. The number of nitrogens with zero attached hydrogens (tertiary/aromatic N) is 1. The molecule has 2 atom stereocenters. The number of aliphatic carboxylic acids is 1. The first-order valence-corrected chi connectivity index (χ1v) is 7.27. The van der Waals surface area contributed by atoms with Crippen LogP contribution in [0.4, 0.5) is 0 Å². The zero-order valence-corrected chi connectivity index (χ0v) is 12.6. The van der Waals surface area contributed by atoms with Crippen molar-refractivity contribution in [2.45, 2.75) is 31.2 Å². The van der Waals surface area contributed by atoms with E-state index < -0.39 is 11.5 Å². The lowest BCUT2D eigenvalue weighted by Gasteiger charge is -2.29. The van der Waals surface area contributed by atoms with E-state index in [0.29, 0.717) is 19.6 Å². The fraction of sp³-hybridized carbons (Fsp3) is 0.929.